The molecule has 0 aliphatic heterocycles. The molecule has 0 aliphatic rings. The standard InChI is InChI=1S/C15H14F2O2/c1-10-3-2-4-11(8-18)15(10)19-9-12-5-6-13(16)7-14(12)17/h2-7,18H,8-9H2,1H3. The number of hydrogen-bond acceptors (Lipinski definition) is 2. The molecular weight excluding hydrogens is 250 g/mol. The number of halogens is 2. The molecule has 0 atom stereocenters. The number of benzene rings is 2. The molecule has 2 nitrogen and oxygen atoms in total. The summed E-state index contributed by atoms with van der Waals surface area (Å²) < 4.78 is 31.8. The molecule has 0 radical (unpaired) electrons. The minimum Gasteiger partial charge on any atom is -0.488 e. The monoisotopic (exact) mass is 264 g/mol. The molecule has 19 heavy (non-hydrogen) atoms. The van der Waals surface area contributed by atoms with Gasteiger partial charge in [-0.25, -0.2) is 8.78 Å². The second-order valence-corrected chi connectivity index (χ2v) is 4.25. The van der Waals surface area contributed by atoms with Gasteiger partial charge >= 0.3 is 0 Å². The quantitative estimate of drug-likeness (QED) is 0.917. The maximum Gasteiger partial charge on any atom is 0.132 e. The van der Waals surface area contributed by atoms with E-state index in [2.05, 4.69) is 0 Å². The summed E-state index contributed by atoms with van der Waals surface area (Å²) in [6, 6.07) is 8.75. The predicted octanol–water partition coefficient (Wildman–Crippen LogP) is 3.34. The molecule has 0 heterocycles. The molecule has 2 aromatic carbocycles. The van der Waals surface area contributed by atoms with E-state index in [4.69, 9.17) is 4.74 Å². The fourth-order valence-electron chi connectivity index (χ4n) is 1.83. The number of para-hydroxylation sites is 1. The molecule has 2 rings (SSSR count). The summed E-state index contributed by atoms with van der Waals surface area (Å²) >= 11 is 0. The Hall–Kier alpha value is -1.94. The molecule has 0 fully saturated rings. The van der Waals surface area contributed by atoms with Crippen LogP contribution in [0.4, 0.5) is 8.78 Å². The summed E-state index contributed by atoms with van der Waals surface area (Å²) in [6.07, 6.45) is 0. The zero-order valence-electron chi connectivity index (χ0n) is 10.5. The Kier molecular flexibility index (Phi) is 4.12. The maximum atomic E-state index is 13.5. The first kappa shape index (κ1) is 13.5. The summed E-state index contributed by atoms with van der Waals surface area (Å²) in [5, 5.41) is 9.23. The Morgan fingerprint density at radius 3 is 2.58 bits per heavy atom. The van der Waals surface area contributed by atoms with Gasteiger partial charge in [-0.3, -0.25) is 0 Å². The van der Waals surface area contributed by atoms with Crippen LogP contribution in [0.3, 0.4) is 0 Å². The van der Waals surface area contributed by atoms with Crippen LogP contribution in [0.15, 0.2) is 36.4 Å². The van der Waals surface area contributed by atoms with Gasteiger partial charge in [0.05, 0.1) is 6.61 Å². The number of hydrogen-bond donors (Lipinski definition) is 1. The second kappa shape index (κ2) is 5.80. The molecule has 0 unspecified atom stereocenters. The highest BCUT2D eigenvalue weighted by molar-refractivity contribution is 5.40. The van der Waals surface area contributed by atoms with E-state index in [-0.39, 0.29) is 18.8 Å². The Balaban J connectivity index is 2.19. The lowest BCUT2D eigenvalue weighted by Crippen LogP contribution is -2.02. The number of aliphatic hydroxyl groups excluding tert-OH is 1. The minimum atomic E-state index is -0.640. The summed E-state index contributed by atoms with van der Waals surface area (Å²) in [5.74, 6) is -0.721. The molecule has 0 aliphatic carbocycles. The Morgan fingerprint density at radius 2 is 1.89 bits per heavy atom. The normalized spacial score (nSPS) is 10.5. The first-order valence-electron chi connectivity index (χ1n) is 5.88. The third kappa shape index (κ3) is 3.09. The lowest BCUT2D eigenvalue weighted by Gasteiger charge is -2.13. The van der Waals surface area contributed by atoms with Crippen LogP contribution in [0.5, 0.6) is 5.75 Å². The minimum absolute atomic E-state index is 0.00995. The molecule has 0 aromatic heterocycles. The van der Waals surface area contributed by atoms with E-state index in [0.29, 0.717) is 11.3 Å². The molecule has 2 aromatic rings. The van der Waals surface area contributed by atoms with Gasteiger partial charge in [0.2, 0.25) is 0 Å². The van der Waals surface area contributed by atoms with E-state index in [1.807, 2.05) is 19.1 Å². The lowest BCUT2D eigenvalue weighted by molar-refractivity contribution is 0.256. The van der Waals surface area contributed by atoms with Crippen molar-refractivity contribution in [3.8, 4) is 5.75 Å². The first-order chi connectivity index (χ1) is 9.11. The number of aliphatic hydroxyl groups is 1. The van der Waals surface area contributed by atoms with Gasteiger partial charge in [0.15, 0.2) is 0 Å². The van der Waals surface area contributed by atoms with Gasteiger partial charge in [-0.1, -0.05) is 18.2 Å². The van der Waals surface area contributed by atoms with Crippen molar-refractivity contribution < 1.29 is 18.6 Å². The van der Waals surface area contributed by atoms with Crippen LogP contribution < -0.4 is 4.74 Å². The van der Waals surface area contributed by atoms with Crippen molar-refractivity contribution in [2.45, 2.75) is 20.1 Å². The van der Waals surface area contributed by atoms with Crippen molar-refractivity contribution in [2.24, 2.45) is 0 Å². The summed E-state index contributed by atoms with van der Waals surface area (Å²) in [6.45, 7) is 1.68. The van der Waals surface area contributed by atoms with Gasteiger partial charge in [-0.2, -0.15) is 0 Å². The van der Waals surface area contributed by atoms with Crippen LogP contribution in [-0.2, 0) is 13.2 Å². The van der Waals surface area contributed by atoms with Gasteiger partial charge in [0.1, 0.15) is 24.0 Å². The zero-order chi connectivity index (χ0) is 13.8. The molecule has 0 saturated heterocycles. The smallest absolute Gasteiger partial charge is 0.132 e. The van der Waals surface area contributed by atoms with Crippen molar-refractivity contribution >= 4 is 0 Å². The molecule has 0 spiro atoms. The van der Waals surface area contributed by atoms with Crippen LogP contribution in [0.25, 0.3) is 0 Å². The molecule has 1 N–H and O–H groups in total. The van der Waals surface area contributed by atoms with Crippen molar-refractivity contribution in [3.05, 3.63) is 64.7 Å². The average molecular weight is 264 g/mol. The highest BCUT2D eigenvalue weighted by Gasteiger charge is 2.09. The molecule has 100 valence electrons. The van der Waals surface area contributed by atoms with Crippen molar-refractivity contribution in [2.75, 3.05) is 0 Å². The molecule has 0 amide bonds. The topological polar surface area (TPSA) is 29.5 Å². The predicted molar refractivity (Wildman–Crippen MR) is 67.8 cm³/mol. The summed E-state index contributed by atoms with van der Waals surface area (Å²) in [7, 11) is 0. The SMILES string of the molecule is Cc1cccc(CO)c1OCc1ccc(F)cc1F. The van der Waals surface area contributed by atoms with E-state index in [0.717, 1.165) is 11.6 Å². The van der Waals surface area contributed by atoms with E-state index in [1.165, 1.54) is 12.1 Å². The van der Waals surface area contributed by atoms with Crippen molar-refractivity contribution in [1.29, 1.82) is 0 Å². The van der Waals surface area contributed by atoms with Crippen LogP contribution in [0.1, 0.15) is 16.7 Å². The number of ether oxygens (including phenoxy) is 1. The van der Waals surface area contributed by atoms with Crippen LogP contribution in [-0.4, -0.2) is 5.11 Å². The Bertz CT molecular complexity index is 582. The van der Waals surface area contributed by atoms with Gasteiger partial charge in [0, 0.05) is 17.2 Å². The second-order valence-electron chi connectivity index (χ2n) is 4.25. The van der Waals surface area contributed by atoms with E-state index < -0.39 is 11.6 Å². The van der Waals surface area contributed by atoms with E-state index in [1.54, 1.807) is 6.07 Å². The Labute approximate surface area is 110 Å². The van der Waals surface area contributed by atoms with Crippen molar-refractivity contribution in [1.82, 2.24) is 0 Å². The third-order valence-electron chi connectivity index (χ3n) is 2.85. The van der Waals surface area contributed by atoms with Crippen LogP contribution in [0, 0.1) is 18.6 Å². The Morgan fingerprint density at radius 1 is 1.11 bits per heavy atom. The van der Waals surface area contributed by atoms with E-state index in [9.17, 15) is 13.9 Å². The largest absolute Gasteiger partial charge is 0.488 e. The van der Waals surface area contributed by atoms with Crippen LogP contribution >= 0.6 is 0 Å². The average Bonchev–Trinajstić information content (AvgIpc) is 2.39. The van der Waals surface area contributed by atoms with Gasteiger partial charge < -0.3 is 9.84 Å². The van der Waals surface area contributed by atoms with Gasteiger partial charge in [-0.05, 0) is 24.6 Å². The zero-order valence-corrected chi connectivity index (χ0v) is 10.5. The van der Waals surface area contributed by atoms with Crippen molar-refractivity contribution in [3.63, 3.8) is 0 Å². The fraction of sp³-hybridized carbons (Fsp3) is 0.200. The lowest BCUT2D eigenvalue weighted by atomic mass is 10.1. The molecule has 0 bridgehead atoms. The first-order valence-corrected chi connectivity index (χ1v) is 5.88. The highest BCUT2D eigenvalue weighted by Crippen LogP contribution is 2.24. The molecular formula is C15H14F2O2. The number of aryl methyl sites for hydroxylation is 1. The van der Waals surface area contributed by atoms with Gasteiger partial charge in [0.25, 0.3) is 0 Å². The summed E-state index contributed by atoms with van der Waals surface area (Å²) in [4.78, 5) is 0. The molecule has 4 heteroatoms. The highest BCUT2D eigenvalue weighted by atomic mass is 19.1. The maximum absolute atomic E-state index is 13.5. The summed E-state index contributed by atoms with van der Waals surface area (Å²) in [5.41, 5.74) is 1.77. The third-order valence-corrected chi connectivity index (χ3v) is 2.85. The van der Waals surface area contributed by atoms with Gasteiger partial charge in [-0.15, -0.1) is 0 Å². The molecule has 0 saturated carbocycles. The fourth-order valence-corrected chi connectivity index (χ4v) is 1.83. The number of rotatable bonds is 4. The van der Waals surface area contributed by atoms with Crippen LogP contribution in [0.2, 0.25) is 0 Å². The van der Waals surface area contributed by atoms with E-state index >= 15 is 0 Å².